The van der Waals surface area contributed by atoms with E-state index in [1.807, 2.05) is 41.8 Å². The van der Waals surface area contributed by atoms with E-state index in [0.717, 1.165) is 68.3 Å². The molecule has 2 amide bonds. The van der Waals surface area contributed by atoms with Gasteiger partial charge in [-0.3, -0.25) is 19.5 Å². The lowest BCUT2D eigenvalue weighted by Crippen LogP contribution is -2.40. The molecule has 10 nitrogen and oxygen atoms in total. The Balaban J connectivity index is 1.39. The fraction of sp³-hybridized carbons (Fsp3) is 0.486. The van der Waals surface area contributed by atoms with Crippen molar-refractivity contribution in [3.05, 3.63) is 63.8 Å². The van der Waals surface area contributed by atoms with Gasteiger partial charge in [-0.2, -0.15) is 0 Å². The molecule has 1 aromatic heterocycles. The molecule has 0 atom stereocenters. The maximum Gasteiger partial charge on any atom is 0.264 e. The van der Waals surface area contributed by atoms with Crippen molar-refractivity contribution in [1.82, 2.24) is 15.0 Å². The number of halogens is 1. The smallest absolute Gasteiger partial charge is 0.264 e. The number of nitrogens with one attached hydrogen (secondary N) is 1. The molecule has 3 aromatic rings. The number of benzene rings is 2. The SMILES string of the molecule is CCCCC1=NC2(CCCC2)C(=O)N1Cc1ccc(-c2ccccc2S(=O)(=O)Nc2onc(C)c2Br)c(CN2CCC(C)(C)C2=O)c1. The zero-order valence-electron chi connectivity index (χ0n) is 27.4. The van der Waals surface area contributed by atoms with Gasteiger partial charge in [0.1, 0.15) is 15.8 Å². The molecule has 2 aromatic carbocycles. The van der Waals surface area contributed by atoms with Gasteiger partial charge in [-0.25, -0.2) is 13.1 Å². The molecule has 6 rings (SSSR count). The summed E-state index contributed by atoms with van der Waals surface area (Å²) in [5.74, 6) is 0.999. The molecule has 2 aliphatic heterocycles. The molecule has 2 fully saturated rings. The lowest BCUT2D eigenvalue weighted by molar-refractivity contribution is -0.135. The molecule has 1 aliphatic carbocycles. The fourth-order valence-electron chi connectivity index (χ4n) is 6.95. The number of hydrogen-bond donors (Lipinski definition) is 1. The Kier molecular flexibility index (Phi) is 9.12. The molecule has 250 valence electrons. The van der Waals surface area contributed by atoms with Gasteiger partial charge in [0.2, 0.25) is 5.91 Å². The van der Waals surface area contributed by atoms with Crippen LogP contribution in [0, 0.1) is 12.3 Å². The van der Waals surface area contributed by atoms with Crippen LogP contribution in [0.1, 0.15) is 89.0 Å². The van der Waals surface area contributed by atoms with Gasteiger partial charge < -0.3 is 9.42 Å². The first-order valence-corrected chi connectivity index (χ1v) is 18.7. The molecule has 1 saturated heterocycles. The summed E-state index contributed by atoms with van der Waals surface area (Å²) in [6, 6.07) is 12.7. The molecule has 1 spiro atoms. The predicted octanol–water partition coefficient (Wildman–Crippen LogP) is 7.22. The van der Waals surface area contributed by atoms with Crippen LogP contribution in [0.3, 0.4) is 0 Å². The molecule has 1 saturated carbocycles. The van der Waals surface area contributed by atoms with E-state index in [-0.39, 0.29) is 22.6 Å². The van der Waals surface area contributed by atoms with Crippen molar-refractivity contribution in [3.63, 3.8) is 0 Å². The second-order valence-electron chi connectivity index (χ2n) is 13.6. The summed E-state index contributed by atoms with van der Waals surface area (Å²) in [6.45, 7) is 9.05. The van der Waals surface area contributed by atoms with Crippen LogP contribution in [-0.4, -0.2) is 53.1 Å². The second kappa shape index (κ2) is 12.8. The molecule has 1 N–H and O–H groups in total. The number of amidine groups is 1. The monoisotopic (exact) mass is 723 g/mol. The van der Waals surface area contributed by atoms with Crippen molar-refractivity contribution >= 4 is 49.5 Å². The summed E-state index contributed by atoms with van der Waals surface area (Å²) in [5.41, 5.74) is 2.33. The number of sulfonamides is 1. The summed E-state index contributed by atoms with van der Waals surface area (Å²) >= 11 is 3.34. The Morgan fingerprint density at radius 3 is 2.40 bits per heavy atom. The minimum atomic E-state index is -4.10. The molecule has 0 bridgehead atoms. The second-order valence-corrected chi connectivity index (χ2v) is 16.1. The molecule has 0 radical (unpaired) electrons. The minimum absolute atomic E-state index is 0.00590. The minimum Gasteiger partial charge on any atom is -0.338 e. The van der Waals surface area contributed by atoms with Gasteiger partial charge in [-0.05, 0) is 71.3 Å². The van der Waals surface area contributed by atoms with Crippen LogP contribution in [0.4, 0.5) is 5.88 Å². The number of nitrogens with zero attached hydrogens (tertiary/aromatic N) is 4. The number of hydrogen-bond acceptors (Lipinski definition) is 7. The lowest BCUT2D eigenvalue weighted by atomic mass is 9.92. The lowest BCUT2D eigenvalue weighted by Gasteiger charge is -2.25. The van der Waals surface area contributed by atoms with E-state index in [2.05, 4.69) is 32.7 Å². The van der Waals surface area contributed by atoms with E-state index in [4.69, 9.17) is 9.52 Å². The van der Waals surface area contributed by atoms with Gasteiger partial charge in [0, 0.05) is 30.5 Å². The third kappa shape index (κ3) is 6.38. The molecular formula is C35H42BrN5O5S. The number of aromatic nitrogens is 1. The molecule has 47 heavy (non-hydrogen) atoms. The van der Waals surface area contributed by atoms with Crippen LogP contribution in [0.15, 0.2) is 61.3 Å². The van der Waals surface area contributed by atoms with E-state index < -0.39 is 21.0 Å². The Morgan fingerprint density at radius 2 is 1.74 bits per heavy atom. The van der Waals surface area contributed by atoms with Gasteiger partial charge in [0.25, 0.3) is 21.8 Å². The van der Waals surface area contributed by atoms with Crippen molar-refractivity contribution in [3.8, 4) is 11.1 Å². The van der Waals surface area contributed by atoms with Gasteiger partial charge >= 0.3 is 0 Å². The van der Waals surface area contributed by atoms with Crippen LogP contribution in [0.2, 0.25) is 0 Å². The quantitative estimate of drug-likeness (QED) is 0.223. The largest absolute Gasteiger partial charge is 0.338 e. The summed E-state index contributed by atoms with van der Waals surface area (Å²) in [6.07, 6.45) is 7.06. The maximum atomic E-state index is 13.9. The van der Waals surface area contributed by atoms with E-state index in [1.54, 1.807) is 31.2 Å². The van der Waals surface area contributed by atoms with Crippen molar-refractivity contribution in [1.29, 1.82) is 0 Å². The number of carbonyl (C=O) groups excluding carboxylic acids is 2. The maximum absolute atomic E-state index is 13.9. The van der Waals surface area contributed by atoms with Crippen molar-refractivity contribution in [2.45, 2.75) is 103 Å². The number of amides is 2. The Bertz CT molecular complexity index is 1840. The van der Waals surface area contributed by atoms with Gasteiger partial charge in [-0.1, -0.05) is 81.6 Å². The Morgan fingerprint density at radius 1 is 1.00 bits per heavy atom. The highest BCUT2D eigenvalue weighted by molar-refractivity contribution is 9.10. The van der Waals surface area contributed by atoms with Crippen LogP contribution in [0.25, 0.3) is 11.1 Å². The summed E-state index contributed by atoms with van der Waals surface area (Å²) in [4.78, 5) is 36.1. The van der Waals surface area contributed by atoms with E-state index >= 15 is 0 Å². The third-order valence-corrected chi connectivity index (χ3v) is 12.0. The first kappa shape index (κ1) is 33.4. The Hall–Kier alpha value is -3.51. The topological polar surface area (TPSA) is 125 Å². The van der Waals surface area contributed by atoms with Crippen molar-refractivity contribution in [2.75, 3.05) is 11.3 Å². The molecule has 3 heterocycles. The summed E-state index contributed by atoms with van der Waals surface area (Å²) < 4.78 is 35.8. The number of anilines is 1. The third-order valence-electron chi connectivity index (χ3n) is 9.71. The van der Waals surface area contributed by atoms with Crippen molar-refractivity contribution in [2.24, 2.45) is 10.4 Å². The number of rotatable bonds is 11. The molecule has 0 unspecified atom stereocenters. The molecular weight excluding hydrogens is 682 g/mol. The van der Waals surface area contributed by atoms with Crippen molar-refractivity contribution < 1.29 is 22.5 Å². The van der Waals surface area contributed by atoms with Crippen LogP contribution >= 0.6 is 15.9 Å². The zero-order valence-corrected chi connectivity index (χ0v) is 29.8. The van der Waals surface area contributed by atoms with E-state index in [0.29, 0.717) is 40.9 Å². The standard InChI is InChI=1S/C35H42BrN5O5S/c1-5-6-13-29-37-35(16-9-10-17-35)33(43)41(29)21-24-14-15-26(25(20-24)22-40-19-18-34(3,4)32(40)42)27-11-7-8-12-28(27)47(44,45)39-31-30(36)23(2)38-46-31/h7-8,11-12,14-15,20,39H,5-6,9-10,13,16-19,21-22H2,1-4H3. The molecule has 12 heteroatoms. The number of carbonyl (C=O) groups is 2. The number of aryl methyl sites for hydroxylation is 1. The van der Waals surface area contributed by atoms with Gasteiger partial charge in [-0.15, -0.1) is 0 Å². The average molecular weight is 725 g/mol. The first-order valence-electron chi connectivity index (χ1n) is 16.4. The highest BCUT2D eigenvalue weighted by atomic mass is 79.9. The summed E-state index contributed by atoms with van der Waals surface area (Å²) in [5, 5.41) is 3.84. The van der Waals surface area contributed by atoms with Gasteiger partial charge in [0.05, 0.1) is 17.1 Å². The highest BCUT2D eigenvalue weighted by Crippen LogP contribution is 2.41. The normalized spacial score (nSPS) is 18.9. The number of likely N-dealkylation sites (tertiary alicyclic amines) is 1. The average Bonchev–Trinajstić information content (AvgIpc) is 3.78. The van der Waals surface area contributed by atoms with Crippen LogP contribution in [0.5, 0.6) is 0 Å². The first-order chi connectivity index (χ1) is 22.3. The highest BCUT2D eigenvalue weighted by Gasteiger charge is 2.49. The van der Waals surface area contributed by atoms with Crippen LogP contribution < -0.4 is 4.72 Å². The molecule has 3 aliphatic rings. The van der Waals surface area contributed by atoms with E-state index in [1.165, 1.54) is 0 Å². The number of unbranched alkanes of at least 4 members (excludes halogenated alkanes) is 1. The van der Waals surface area contributed by atoms with E-state index in [9.17, 15) is 18.0 Å². The zero-order chi connectivity index (χ0) is 33.6. The fourth-order valence-corrected chi connectivity index (χ4v) is 8.54. The predicted molar refractivity (Wildman–Crippen MR) is 184 cm³/mol. The number of aliphatic imine (C=N–C) groups is 1. The van der Waals surface area contributed by atoms with Gasteiger partial charge in [0.15, 0.2) is 0 Å². The van der Waals surface area contributed by atoms with Crippen LogP contribution in [-0.2, 0) is 32.7 Å². The summed E-state index contributed by atoms with van der Waals surface area (Å²) in [7, 11) is -4.10. The Labute approximate surface area is 285 Å².